The molecule has 0 bridgehead atoms. The van der Waals surface area contributed by atoms with Gasteiger partial charge < -0.3 is 9.47 Å². The third-order valence-electron chi connectivity index (χ3n) is 5.46. The first-order valence-corrected chi connectivity index (χ1v) is 11.5. The first-order chi connectivity index (χ1) is 16.5. The lowest BCUT2D eigenvalue weighted by Gasteiger charge is -2.13. The highest BCUT2D eigenvalue weighted by Crippen LogP contribution is 2.37. The maximum atomic E-state index is 13.1. The van der Waals surface area contributed by atoms with Crippen molar-refractivity contribution in [3.05, 3.63) is 100.0 Å². The van der Waals surface area contributed by atoms with Gasteiger partial charge in [0.05, 0.1) is 24.7 Å². The maximum Gasteiger partial charge on any atom is 0.293 e. The van der Waals surface area contributed by atoms with Gasteiger partial charge in [0.15, 0.2) is 5.78 Å². The van der Waals surface area contributed by atoms with Crippen molar-refractivity contribution in [3.63, 3.8) is 0 Å². The van der Waals surface area contributed by atoms with Crippen LogP contribution in [0.1, 0.15) is 27.0 Å². The Bertz CT molecular complexity index is 1250. The quantitative estimate of drug-likeness (QED) is 0.330. The summed E-state index contributed by atoms with van der Waals surface area (Å²) in [5, 5.41) is -0.319. The van der Waals surface area contributed by atoms with Gasteiger partial charge in [-0.2, -0.15) is 0 Å². The molecule has 0 aromatic heterocycles. The van der Waals surface area contributed by atoms with E-state index in [1.54, 1.807) is 42.5 Å². The van der Waals surface area contributed by atoms with Crippen LogP contribution in [0.4, 0.5) is 4.79 Å². The van der Waals surface area contributed by atoms with E-state index in [4.69, 9.17) is 9.47 Å². The van der Waals surface area contributed by atoms with Gasteiger partial charge in [0.25, 0.3) is 11.1 Å². The number of carbonyl (C=O) groups excluding carboxylic acids is 3. The van der Waals surface area contributed by atoms with Crippen LogP contribution in [0.15, 0.2) is 77.7 Å². The van der Waals surface area contributed by atoms with E-state index in [0.29, 0.717) is 41.2 Å². The molecule has 3 aromatic carbocycles. The van der Waals surface area contributed by atoms with Gasteiger partial charge in [0, 0.05) is 23.7 Å². The SMILES string of the molecule is COc1cc(OC)c(C(=O)c2ccccc2)cc1/C=C1\SC(=O)N(CCc2ccccc2)C1=O. The fourth-order valence-corrected chi connectivity index (χ4v) is 4.53. The Morgan fingerprint density at radius 1 is 0.912 bits per heavy atom. The lowest BCUT2D eigenvalue weighted by Crippen LogP contribution is -2.30. The third kappa shape index (κ3) is 4.89. The van der Waals surface area contributed by atoms with Gasteiger partial charge in [-0.3, -0.25) is 19.3 Å². The molecule has 0 spiro atoms. The molecule has 1 aliphatic heterocycles. The summed E-state index contributed by atoms with van der Waals surface area (Å²) in [6, 6.07) is 21.8. The summed E-state index contributed by atoms with van der Waals surface area (Å²) in [6.07, 6.45) is 2.17. The second kappa shape index (κ2) is 10.4. The lowest BCUT2D eigenvalue weighted by molar-refractivity contribution is -0.122. The Labute approximate surface area is 202 Å². The second-order valence-corrected chi connectivity index (χ2v) is 8.55. The molecule has 0 saturated carbocycles. The van der Waals surface area contributed by atoms with Crippen molar-refractivity contribution in [2.75, 3.05) is 20.8 Å². The topological polar surface area (TPSA) is 72.9 Å². The van der Waals surface area contributed by atoms with Crippen LogP contribution in [0.25, 0.3) is 6.08 Å². The van der Waals surface area contributed by atoms with Crippen LogP contribution in [0.3, 0.4) is 0 Å². The number of imide groups is 1. The zero-order chi connectivity index (χ0) is 24.1. The molecule has 0 N–H and O–H groups in total. The average Bonchev–Trinajstić information content (AvgIpc) is 3.14. The Morgan fingerprint density at radius 2 is 1.56 bits per heavy atom. The summed E-state index contributed by atoms with van der Waals surface area (Å²) >= 11 is 0.878. The zero-order valence-corrected chi connectivity index (χ0v) is 19.6. The van der Waals surface area contributed by atoms with Crippen LogP contribution in [0, 0.1) is 0 Å². The number of nitrogens with zero attached hydrogens (tertiary/aromatic N) is 1. The minimum absolute atomic E-state index is 0.217. The fraction of sp³-hybridized carbons (Fsp3) is 0.148. The number of carbonyl (C=O) groups is 3. The van der Waals surface area contributed by atoms with E-state index in [0.717, 1.165) is 17.3 Å². The minimum Gasteiger partial charge on any atom is -0.496 e. The van der Waals surface area contributed by atoms with Crippen LogP contribution in [0.2, 0.25) is 0 Å². The molecule has 1 saturated heterocycles. The first kappa shape index (κ1) is 23.3. The highest BCUT2D eigenvalue weighted by atomic mass is 32.2. The number of amides is 2. The number of benzene rings is 3. The van der Waals surface area contributed by atoms with Gasteiger partial charge in [0.1, 0.15) is 11.5 Å². The normalized spacial score (nSPS) is 14.5. The number of hydrogen-bond donors (Lipinski definition) is 0. The monoisotopic (exact) mass is 473 g/mol. The Balaban J connectivity index is 1.64. The average molecular weight is 474 g/mol. The molecule has 6 nitrogen and oxygen atoms in total. The van der Waals surface area contributed by atoms with Gasteiger partial charge in [-0.1, -0.05) is 60.7 Å². The van der Waals surface area contributed by atoms with Crippen molar-refractivity contribution < 1.29 is 23.9 Å². The van der Waals surface area contributed by atoms with Crippen molar-refractivity contribution in [1.29, 1.82) is 0 Å². The molecule has 4 rings (SSSR count). The van der Waals surface area contributed by atoms with E-state index in [1.807, 2.05) is 36.4 Å². The van der Waals surface area contributed by atoms with Crippen LogP contribution in [-0.2, 0) is 11.2 Å². The molecule has 7 heteroatoms. The molecule has 3 aromatic rings. The second-order valence-electron chi connectivity index (χ2n) is 7.56. The standard InChI is InChI=1S/C27H23NO5S/c1-32-22-17-23(33-2)21(25(29)19-11-7-4-8-12-19)15-20(22)16-24-26(30)28(27(31)34-24)14-13-18-9-5-3-6-10-18/h3-12,15-17H,13-14H2,1-2H3/b24-16-. The molecule has 2 amide bonds. The molecule has 1 heterocycles. The highest BCUT2D eigenvalue weighted by molar-refractivity contribution is 8.18. The number of ketones is 1. The molecule has 0 aliphatic carbocycles. The molecule has 0 unspecified atom stereocenters. The van der Waals surface area contributed by atoms with Crippen molar-refractivity contribution in [3.8, 4) is 11.5 Å². The van der Waals surface area contributed by atoms with E-state index >= 15 is 0 Å². The van der Waals surface area contributed by atoms with E-state index < -0.39 is 0 Å². The fourth-order valence-electron chi connectivity index (χ4n) is 3.68. The predicted octanol–water partition coefficient (Wildman–Crippen LogP) is 5.21. The number of thioether (sulfide) groups is 1. The summed E-state index contributed by atoms with van der Waals surface area (Å²) < 4.78 is 10.9. The van der Waals surface area contributed by atoms with Crippen molar-refractivity contribution in [2.45, 2.75) is 6.42 Å². The number of hydrogen-bond acceptors (Lipinski definition) is 6. The molecule has 0 atom stereocenters. The minimum atomic E-state index is -0.361. The summed E-state index contributed by atoms with van der Waals surface area (Å²) in [6.45, 7) is 0.295. The van der Waals surface area contributed by atoms with Crippen molar-refractivity contribution >= 4 is 34.8 Å². The number of ether oxygens (including phenoxy) is 2. The molecule has 1 fully saturated rings. The van der Waals surface area contributed by atoms with E-state index in [1.165, 1.54) is 19.1 Å². The van der Waals surface area contributed by atoms with E-state index in [-0.39, 0.29) is 21.8 Å². The predicted molar refractivity (Wildman–Crippen MR) is 132 cm³/mol. The third-order valence-corrected chi connectivity index (χ3v) is 6.37. The van der Waals surface area contributed by atoms with Crippen LogP contribution < -0.4 is 9.47 Å². The van der Waals surface area contributed by atoms with Gasteiger partial charge in [-0.05, 0) is 35.9 Å². The van der Waals surface area contributed by atoms with Crippen LogP contribution >= 0.6 is 11.8 Å². The molecule has 34 heavy (non-hydrogen) atoms. The molecule has 172 valence electrons. The summed E-state index contributed by atoms with van der Waals surface area (Å²) in [5.41, 5.74) is 2.41. The van der Waals surface area contributed by atoms with Gasteiger partial charge in [-0.15, -0.1) is 0 Å². The largest absolute Gasteiger partial charge is 0.496 e. The van der Waals surface area contributed by atoms with Gasteiger partial charge in [0.2, 0.25) is 0 Å². The summed E-state index contributed by atoms with van der Waals surface area (Å²) in [7, 11) is 2.98. The zero-order valence-electron chi connectivity index (χ0n) is 18.8. The van der Waals surface area contributed by atoms with E-state index in [2.05, 4.69) is 0 Å². The van der Waals surface area contributed by atoms with E-state index in [9.17, 15) is 14.4 Å². The molecule has 1 aliphatic rings. The smallest absolute Gasteiger partial charge is 0.293 e. The van der Waals surface area contributed by atoms with Crippen molar-refractivity contribution in [2.24, 2.45) is 0 Å². The molecular formula is C27H23NO5S. The van der Waals surface area contributed by atoms with Crippen LogP contribution in [-0.4, -0.2) is 42.6 Å². The maximum absolute atomic E-state index is 13.1. The summed E-state index contributed by atoms with van der Waals surface area (Å²) in [4.78, 5) is 40.2. The van der Waals surface area contributed by atoms with Gasteiger partial charge in [-0.25, -0.2) is 0 Å². The number of rotatable bonds is 8. The molecule has 0 radical (unpaired) electrons. The molecular weight excluding hydrogens is 450 g/mol. The summed E-state index contributed by atoms with van der Waals surface area (Å²) in [5.74, 6) is 0.210. The Hall–Kier alpha value is -3.84. The van der Waals surface area contributed by atoms with Crippen molar-refractivity contribution in [1.82, 2.24) is 4.90 Å². The first-order valence-electron chi connectivity index (χ1n) is 10.7. The lowest BCUT2D eigenvalue weighted by atomic mass is 9.99. The Morgan fingerprint density at radius 3 is 2.21 bits per heavy atom. The Kier molecular flexibility index (Phi) is 7.13. The van der Waals surface area contributed by atoms with Crippen LogP contribution in [0.5, 0.6) is 11.5 Å². The van der Waals surface area contributed by atoms with Gasteiger partial charge >= 0.3 is 0 Å². The number of methoxy groups -OCH3 is 2. The highest BCUT2D eigenvalue weighted by Gasteiger charge is 2.35.